The minimum atomic E-state index is -1.31. The maximum Gasteiger partial charge on any atom is 0.360 e. The minimum absolute atomic E-state index is 0.378. The van der Waals surface area contributed by atoms with Crippen molar-refractivity contribution < 1.29 is 9.90 Å². The number of benzene rings is 1. The first-order valence-corrected chi connectivity index (χ1v) is 5.38. The summed E-state index contributed by atoms with van der Waals surface area (Å²) in [4.78, 5) is 22.7. The van der Waals surface area contributed by atoms with E-state index in [9.17, 15) is 9.59 Å². The van der Waals surface area contributed by atoms with Crippen molar-refractivity contribution in [2.24, 2.45) is 0 Å². The predicted molar refractivity (Wildman–Crippen MR) is 63.3 cm³/mol. The number of nitrogens with one attached hydrogen (secondary N) is 1. The lowest BCUT2D eigenvalue weighted by atomic mass is 10.1. The lowest BCUT2D eigenvalue weighted by Crippen LogP contribution is -2.18. The Morgan fingerprint density at radius 1 is 1.47 bits per heavy atom. The van der Waals surface area contributed by atoms with Gasteiger partial charge in [0.15, 0.2) is 0 Å². The van der Waals surface area contributed by atoms with E-state index in [0.29, 0.717) is 10.9 Å². The van der Waals surface area contributed by atoms with Gasteiger partial charge in [0, 0.05) is 5.39 Å². The highest BCUT2D eigenvalue weighted by molar-refractivity contribution is 5.90. The SMILES string of the molecule is CCCc1ccc2[nH]nc(C(=O)O)c(=O)c2c1. The van der Waals surface area contributed by atoms with Crippen LogP contribution in [0.1, 0.15) is 29.4 Å². The fourth-order valence-corrected chi connectivity index (χ4v) is 1.76. The van der Waals surface area contributed by atoms with Crippen molar-refractivity contribution in [1.82, 2.24) is 10.2 Å². The van der Waals surface area contributed by atoms with Gasteiger partial charge in [0.1, 0.15) is 0 Å². The zero-order valence-corrected chi connectivity index (χ0v) is 9.36. The smallest absolute Gasteiger partial charge is 0.360 e. The second kappa shape index (κ2) is 4.37. The number of aromatic carboxylic acids is 1. The van der Waals surface area contributed by atoms with Gasteiger partial charge in [0.05, 0.1) is 5.52 Å². The molecule has 0 aliphatic heterocycles. The largest absolute Gasteiger partial charge is 0.476 e. The molecule has 2 rings (SSSR count). The predicted octanol–water partition coefficient (Wildman–Crippen LogP) is 1.57. The molecule has 17 heavy (non-hydrogen) atoms. The Morgan fingerprint density at radius 2 is 2.24 bits per heavy atom. The van der Waals surface area contributed by atoms with Crippen LogP contribution in [-0.2, 0) is 6.42 Å². The summed E-state index contributed by atoms with van der Waals surface area (Å²) in [5.41, 5.74) is 0.572. The molecule has 0 bridgehead atoms. The van der Waals surface area contributed by atoms with Crippen LogP contribution in [-0.4, -0.2) is 21.3 Å². The average molecular weight is 232 g/mol. The highest BCUT2D eigenvalue weighted by Crippen LogP contribution is 2.11. The molecule has 0 unspecified atom stereocenters. The van der Waals surface area contributed by atoms with Gasteiger partial charge in [-0.3, -0.25) is 9.89 Å². The van der Waals surface area contributed by atoms with Crippen LogP contribution in [0.25, 0.3) is 10.9 Å². The van der Waals surface area contributed by atoms with Gasteiger partial charge in [-0.15, -0.1) is 0 Å². The molecule has 1 aromatic carbocycles. The molecule has 0 radical (unpaired) electrons. The molecule has 0 fully saturated rings. The molecule has 5 heteroatoms. The second-order valence-corrected chi connectivity index (χ2v) is 3.84. The van der Waals surface area contributed by atoms with Gasteiger partial charge in [0.25, 0.3) is 0 Å². The Hall–Kier alpha value is -2.17. The first-order chi connectivity index (χ1) is 8.13. The number of aryl methyl sites for hydroxylation is 1. The van der Waals surface area contributed by atoms with E-state index >= 15 is 0 Å². The van der Waals surface area contributed by atoms with E-state index < -0.39 is 17.1 Å². The van der Waals surface area contributed by atoms with Gasteiger partial charge in [0.2, 0.25) is 11.1 Å². The number of fused-ring (bicyclic) bond motifs is 1. The lowest BCUT2D eigenvalue weighted by Gasteiger charge is -2.02. The van der Waals surface area contributed by atoms with Gasteiger partial charge in [-0.1, -0.05) is 19.4 Å². The molecule has 0 aliphatic rings. The van der Waals surface area contributed by atoms with E-state index in [1.807, 2.05) is 13.0 Å². The summed E-state index contributed by atoms with van der Waals surface area (Å²) in [6, 6.07) is 5.38. The van der Waals surface area contributed by atoms with Crippen molar-refractivity contribution in [2.75, 3.05) is 0 Å². The standard InChI is InChI=1S/C12H12N2O3/c1-2-3-7-4-5-9-8(6-7)11(15)10(12(16)17)14-13-9/h4-6H,2-3H2,1H3,(H,13,15)(H,16,17). The molecule has 5 nitrogen and oxygen atoms in total. The number of aromatic nitrogens is 2. The van der Waals surface area contributed by atoms with Crippen LogP contribution in [0.4, 0.5) is 0 Å². The zero-order valence-electron chi connectivity index (χ0n) is 9.36. The Morgan fingerprint density at radius 3 is 2.88 bits per heavy atom. The quantitative estimate of drug-likeness (QED) is 0.841. The Kier molecular flexibility index (Phi) is 2.91. The molecule has 1 aromatic heterocycles. The highest BCUT2D eigenvalue weighted by Gasteiger charge is 2.13. The number of hydrogen-bond donors (Lipinski definition) is 2. The zero-order chi connectivity index (χ0) is 12.4. The number of carboxylic acids is 1. The monoisotopic (exact) mass is 232 g/mol. The maximum absolute atomic E-state index is 11.9. The van der Waals surface area contributed by atoms with Crippen molar-refractivity contribution in [3.63, 3.8) is 0 Å². The summed E-state index contributed by atoms with van der Waals surface area (Å²) < 4.78 is 0. The summed E-state index contributed by atoms with van der Waals surface area (Å²) in [6.45, 7) is 2.05. The first-order valence-electron chi connectivity index (χ1n) is 5.38. The highest BCUT2D eigenvalue weighted by atomic mass is 16.4. The third kappa shape index (κ3) is 2.04. The third-order valence-electron chi connectivity index (χ3n) is 2.57. The van der Waals surface area contributed by atoms with E-state index in [-0.39, 0.29) is 0 Å². The normalized spacial score (nSPS) is 10.6. The van der Waals surface area contributed by atoms with Crippen molar-refractivity contribution in [2.45, 2.75) is 19.8 Å². The fraction of sp³-hybridized carbons (Fsp3) is 0.250. The lowest BCUT2D eigenvalue weighted by molar-refractivity contribution is 0.0688. The van der Waals surface area contributed by atoms with E-state index in [1.54, 1.807) is 12.1 Å². The minimum Gasteiger partial charge on any atom is -0.476 e. The summed E-state index contributed by atoms with van der Waals surface area (Å²) in [6.07, 6.45) is 1.83. The molecule has 2 aromatic rings. The molecular weight excluding hydrogens is 220 g/mol. The van der Waals surface area contributed by atoms with Gasteiger partial charge in [-0.25, -0.2) is 4.79 Å². The second-order valence-electron chi connectivity index (χ2n) is 3.84. The molecule has 0 atom stereocenters. The Balaban J connectivity index is 2.69. The summed E-state index contributed by atoms with van der Waals surface area (Å²) in [5.74, 6) is -1.31. The number of H-pyrrole nitrogens is 1. The topological polar surface area (TPSA) is 83.1 Å². The van der Waals surface area contributed by atoms with Crippen LogP contribution >= 0.6 is 0 Å². The molecule has 0 saturated heterocycles. The molecule has 0 spiro atoms. The van der Waals surface area contributed by atoms with Crippen LogP contribution in [0, 0.1) is 0 Å². The molecule has 0 aliphatic carbocycles. The fourth-order valence-electron chi connectivity index (χ4n) is 1.76. The average Bonchev–Trinajstić information content (AvgIpc) is 2.30. The van der Waals surface area contributed by atoms with Crippen molar-refractivity contribution in [3.05, 3.63) is 39.7 Å². The van der Waals surface area contributed by atoms with Gasteiger partial charge < -0.3 is 5.11 Å². The molecule has 0 amide bonds. The number of aromatic amines is 1. The van der Waals surface area contributed by atoms with E-state index in [0.717, 1.165) is 18.4 Å². The molecule has 88 valence electrons. The van der Waals surface area contributed by atoms with E-state index in [1.165, 1.54) is 0 Å². The van der Waals surface area contributed by atoms with Crippen LogP contribution < -0.4 is 5.43 Å². The Labute approximate surface area is 97.1 Å². The van der Waals surface area contributed by atoms with Crippen LogP contribution in [0.5, 0.6) is 0 Å². The van der Waals surface area contributed by atoms with Gasteiger partial charge in [-0.2, -0.15) is 5.10 Å². The van der Waals surface area contributed by atoms with Crippen molar-refractivity contribution in [1.29, 1.82) is 0 Å². The summed E-state index contributed by atoms with van der Waals surface area (Å²) in [7, 11) is 0. The van der Waals surface area contributed by atoms with Crippen molar-refractivity contribution >= 4 is 16.9 Å². The summed E-state index contributed by atoms with van der Waals surface area (Å²) >= 11 is 0. The van der Waals surface area contributed by atoms with Crippen LogP contribution in [0.15, 0.2) is 23.0 Å². The molecular formula is C12H12N2O3. The number of carbonyl (C=O) groups is 1. The molecule has 2 N–H and O–H groups in total. The number of rotatable bonds is 3. The van der Waals surface area contributed by atoms with Crippen LogP contribution in [0.2, 0.25) is 0 Å². The maximum atomic E-state index is 11.9. The van der Waals surface area contributed by atoms with E-state index in [4.69, 9.17) is 5.11 Å². The van der Waals surface area contributed by atoms with Crippen LogP contribution in [0.3, 0.4) is 0 Å². The van der Waals surface area contributed by atoms with E-state index in [2.05, 4.69) is 10.2 Å². The third-order valence-corrected chi connectivity index (χ3v) is 2.57. The number of hydrogen-bond acceptors (Lipinski definition) is 3. The van der Waals surface area contributed by atoms with Gasteiger partial charge >= 0.3 is 5.97 Å². The van der Waals surface area contributed by atoms with Gasteiger partial charge in [-0.05, 0) is 24.1 Å². The van der Waals surface area contributed by atoms with Crippen molar-refractivity contribution in [3.8, 4) is 0 Å². The Bertz CT molecular complexity index is 631. The molecule has 1 heterocycles. The number of carboxylic acid groups (broad SMARTS) is 1. The first kappa shape index (κ1) is 11.3. The summed E-state index contributed by atoms with van der Waals surface area (Å²) in [5, 5.41) is 15.3. The number of nitrogens with zero attached hydrogens (tertiary/aromatic N) is 1. The molecule has 0 saturated carbocycles.